The van der Waals surface area contributed by atoms with E-state index in [2.05, 4.69) is 0 Å². The van der Waals surface area contributed by atoms with Gasteiger partial charge in [0.2, 0.25) is 0 Å². The Kier molecular flexibility index (Phi) is 6.37. The Balaban J connectivity index is 1.96. The summed E-state index contributed by atoms with van der Waals surface area (Å²) >= 11 is 0. The average Bonchev–Trinajstić information content (AvgIpc) is 2.60. The Labute approximate surface area is 147 Å². The van der Waals surface area contributed by atoms with Gasteiger partial charge in [0.25, 0.3) is 5.91 Å². The second kappa shape index (κ2) is 8.70. The molecule has 2 N–H and O–H groups in total. The van der Waals surface area contributed by atoms with Gasteiger partial charge < -0.3 is 15.2 Å². The Bertz CT molecular complexity index is 810. The second-order valence-electron chi connectivity index (χ2n) is 5.34. The Morgan fingerprint density at radius 3 is 2.38 bits per heavy atom. The molecule has 136 valence electrons. The molecule has 0 aromatic heterocycles. The van der Waals surface area contributed by atoms with Crippen LogP contribution in [0.25, 0.3) is 0 Å². The highest BCUT2D eigenvalue weighted by molar-refractivity contribution is 5.97. The Hall–Kier alpha value is -3.29. The summed E-state index contributed by atoms with van der Waals surface area (Å²) in [6.45, 7) is -0.0491. The number of carboxylic acids is 1. The van der Waals surface area contributed by atoms with Crippen LogP contribution >= 0.6 is 0 Å². The lowest BCUT2D eigenvalue weighted by Crippen LogP contribution is -2.42. The summed E-state index contributed by atoms with van der Waals surface area (Å²) in [5, 5.41) is 11.2. The van der Waals surface area contributed by atoms with Crippen LogP contribution < -0.4 is 5.32 Å². The van der Waals surface area contributed by atoms with Crippen molar-refractivity contribution in [2.75, 3.05) is 0 Å². The molecule has 1 atom stereocenters. The molecule has 0 bridgehead atoms. The quantitative estimate of drug-likeness (QED) is 0.737. The molecule has 8 heteroatoms. The zero-order valence-corrected chi connectivity index (χ0v) is 13.4. The van der Waals surface area contributed by atoms with Crippen molar-refractivity contribution < 1.29 is 33.0 Å². The normalized spacial score (nSPS) is 11.5. The van der Waals surface area contributed by atoms with E-state index in [0.717, 1.165) is 12.1 Å². The largest absolute Gasteiger partial charge is 0.480 e. The van der Waals surface area contributed by atoms with Crippen LogP contribution in [0, 0.1) is 11.6 Å². The highest BCUT2D eigenvalue weighted by Gasteiger charge is 2.25. The standard InChI is InChI=1S/C18H15F2NO5/c19-12-6-7-13(14(20)8-12)17(23)21-15(18(24)25)9-16(22)26-10-11-4-2-1-3-5-11/h1-8,15H,9-10H2,(H,21,23)(H,24,25)/t15-/m1/s1. The lowest BCUT2D eigenvalue weighted by molar-refractivity contribution is -0.150. The lowest BCUT2D eigenvalue weighted by Gasteiger charge is -2.14. The predicted octanol–water partition coefficient (Wildman–Crippen LogP) is 2.28. The van der Waals surface area contributed by atoms with Gasteiger partial charge in [-0.25, -0.2) is 13.6 Å². The van der Waals surface area contributed by atoms with E-state index in [1.165, 1.54) is 0 Å². The first kappa shape index (κ1) is 19.0. The third kappa shape index (κ3) is 5.37. The Morgan fingerprint density at radius 2 is 1.77 bits per heavy atom. The molecule has 0 aliphatic heterocycles. The van der Waals surface area contributed by atoms with Crippen LogP contribution in [0.5, 0.6) is 0 Å². The molecule has 0 aliphatic carbocycles. The molecule has 1 amide bonds. The number of rotatable bonds is 7. The van der Waals surface area contributed by atoms with Crippen LogP contribution in [0.4, 0.5) is 8.78 Å². The number of hydrogen-bond donors (Lipinski definition) is 2. The van der Waals surface area contributed by atoms with Crippen molar-refractivity contribution in [3.05, 3.63) is 71.3 Å². The van der Waals surface area contributed by atoms with Crippen molar-refractivity contribution in [1.29, 1.82) is 0 Å². The van der Waals surface area contributed by atoms with Gasteiger partial charge in [-0.1, -0.05) is 30.3 Å². The third-order valence-electron chi connectivity index (χ3n) is 3.39. The number of carbonyl (C=O) groups is 3. The highest BCUT2D eigenvalue weighted by Crippen LogP contribution is 2.10. The van der Waals surface area contributed by atoms with Gasteiger partial charge in [-0.2, -0.15) is 0 Å². The van der Waals surface area contributed by atoms with Gasteiger partial charge in [-0.3, -0.25) is 9.59 Å². The first-order valence-electron chi connectivity index (χ1n) is 7.55. The molecular formula is C18H15F2NO5. The molecule has 2 aromatic carbocycles. The molecule has 2 aromatic rings. The molecule has 0 spiro atoms. The number of benzene rings is 2. The number of carbonyl (C=O) groups excluding carboxylic acids is 2. The topological polar surface area (TPSA) is 92.7 Å². The molecule has 0 radical (unpaired) electrons. The summed E-state index contributed by atoms with van der Waals surface area (Å²) in [6, 6.07) is 9.36. The summed E-state index contributed by atoms with van der Waals surface area (Å²) in [5.41, 5.74) is 0.181. The van der Waals surface area contributed by atoms with Crippen LogP contribution in [0.3, 0.4) is 0 Å². The van der Waals surface area contributed by atoms with E-state index in [0.29, 0.717) is 11.6 Å². The molecule has 0 fully saturated rings. The van der Waals surface area contributed by atoms with Crippen molar-refractivity contribution in [2.45, 2.75) is 19.1 Å². The second-order valence-corrected chi connectivity index (χ2v) is 5.34. The van der Waals surface area contributed by atoms with Crippen molar-refractivity contribution in [2.24, 2.45) is 0 Å². The molecule has 0 saturated heterocycles. The summed E-state index contributed by atoms with van der Waals surface area (Å²) in [5.74, 6) is -5.43. The molecular weight excluding hydrogens is 348 g/mol. The van der Waals surface area contributed by atoms with Gasteiger partial charge >= 0.3 is 11.9 Å². The monoisotopic (exact) mass is 363 g/mol. The van der Waals surface area contributed by atoms with Gasteiger partial charge in [-0.15, -0.1) is 0 Å². The summed E-state index contributed by atoms with van der Waals surface area (Å²) in [7, 11) is 0. The first-order chi connectivity index (χ1) is 12.4. The number of ether oxygens (including phenoxy) is 1. The van der Waals surface area contributed by atoms with E-state index in [1.807, 2.05) is 5.32 Å². The zero-order valence-electron chi connectivity index (χ0n) is 13.4. The van der Waals surface area contributed by atoms with Crippen LogP contribution in [-0.2, 0) is 20.9 Å². The molecule has 0 heterocycles. The van der Waals surface area contributed by atoms with E-state index in [4.69, 9.17) is 9.84 Å². The third-order valence-corrected chi connectivity index (χ3v) is 3.39. The minimum absolute atomic E-state index is 0.0491. The average molecular weight is 363 g/mol. The van der Waals surface area contributed by atoms with Crippen LogP contribution in [0.1, 0.15) is 22.3 Å². The van der Waals surface area contributed by atoms with Crippen molar-refractivity contribution in [3.63, 3.8) is 0 Å². The van der Waals surface area contributed by atoms with E-state index < -0.39 is 47.5 Å². The van der Waals surface area contributed by atoms with Crippen LogP contribution in [0.15, 0.2) is 48.5 Å². The van der Waals surface area contributed by atoms with E-state index >= 15 is 0 Å². The molecule has 26 heavy (non-hydrogen) atoms. The summed E-state index contributed by atoms with van der Waals surface area (Å²) < 4.78 is 31.4. The maximum absolute atomic E-state index is 13.6. The number of hydrogen-bond acceptors (Lipinski definition) is 4. The molecule has 0 saturated carbocycles. The van der Waals surface area contributed by atoms with Gasteiger partial charge in [-0.05, 0) is 17.7 Å². The predicted molar refractivity (Wildman–Crippen MR) is 86.1 cm³/mol. The summed E-state index contributed by atoms with van der Waals surface area (Å²) in [4.78, 5) is 35.0. The smallest absolute Gasteiger partial charge is 0.326 e. The fraction of sp³-hybridized carbons (Fsp3) is 0.167. The number of nitrogens with one attached hydrogen (secondary N) is 1. The van der Waals surface area contributed by atoms with Gasteiger partial charge in [0, 0.05) is 6.07 Å². The number of halogens is 2. The van der Waals surface area contributed by atoms with Crippen molar-refractivity contribution in [1.82, 2.24) is 5.32 Å². The zero-order chi connectivity index (χ0) is 19.1. The molecule has 6 nitrogen and oxygen atoms in total. The number of carboxylic acid groups (broad SMARTS) is 1. The highest BCUT2D eigenvalue weighted by atomic mass is 19.1. The number of amides is 1. The van der Waals surface area contributed by atoms with E-state index in [9.17, 15) is 23.2 Å². The number of aliphatic carboxylic acids is 1. The number of esters is 1. The van der Waals surface area contributed by atoms with Gasteiger partial charge in [0.05, 0.1) is 12.0 Å². The van der Waals surface area contributed by atoms with Crippen LogP contribution in [0.2, 0.25) is 0 Å². The fourth-order valence-corrected chi connectivity index (χ4v) is 2.07. The lowest BCUT2D eigenvalue weighted by atomic mass is 10.1. The molecule has 2 rings (SSSR count). The van der Waals surface area contributed by atoms with Crippen molar-refractivity contribution in [3.8, 4) is 0 Å². The van der Waals surface area contributed by atoms with Crippen molar-refractivity contribution >= 4 is 17.8 Å². The van der Waals surface area contributed by atoms with E-state index in [-0.39, 0.29) is 6.61 Å². The van der Waals surface area contributed by atoms with Gasteiger partial charge in [0.15, 0.2) is 0 Å². The maximum atomic E-state index is 13.6. The molecule has 0 aliphatic rings. The minimum atomic E-state index is -1.62. The van der Waals surface area contributed by atoms with E-state index in [1.54, 1.807) is 30.3 Å². The Morgan fingerprint density at radius 1 is 1.08 bits per heavy atom. The fourth-order valence-electron chi connectivity index (χ4n) is 2.07. The maximum Gasteiger partial charge on any atom is 0.326 e. The SMILES string of the molecule is O=C(C[C@@H](NC(=O)c1ccc(F)cc1F)C(=O)O)OCc1ccccc1. The molecule has 0 unspecified atom stereocenters. The van der Waals surface area contributed by atoms with Gasteiger partial charge in [0.1, 0.15) is 24.3 Å². The first-order valence-corrected chi connectivity index (χ1v) is 7.55. The summed E-state index contributed by atoms with van der Waals surface area (Å²) in [6.07, 6.45) is -0.642. The minimum Gasteiger partial charge on any atom is -0.480 e. The van der Waals surface area contributed by atoms with Crippen LogP contribution in [-0.4, -0.2) is 29.0 Å².